The van der Waals surface area contributed by atoms with E-state index in [0.717, 1.165) is 61.6 Å². The first-order chi connectivity index (χ1) is 32.7. The summed E-state index contributed by atoms with van der Waals surface area (Å²) in [6, 6.07) is 14.6. The van der Waals surface area contributed by atoms with Gasteiger partial charge in [0.25, 0.3) is 0 Å². The van der Waals surface area contributed by atoms with Crippen molar-refractivity contribution in [3.63, 3.8) is 0 Å². The lowest BCUT2D eigenvalue weighted by Crippen LogP contribution is -2.63. The highest BCUT2D eigenvalue weighted by Gasteiger charge is 2.75. The molecule has 6 fully saturated rings. The fourth-order valence-electron chi connectivity index (χ4n) is 13.9. The van der Waals surface area contributed by atoms with E-state index >= 15 is 14.0 Å². The van der Waals surface area contributed by atoms with Gasteiger partial charge in [0.05, 0.1) is 22.1 Å². The second-order valence-corrected chi connectivity index (χ2v) is 21.4. The van der Waals surface area contributed by atoms with E-state index in [1.165, 1.54) is 10.6 Å². The highest BCUT2D eigenvalue weighted by Crippen LogP contribution is 2.66. The Hall–Kier alpha value is -5.05. The summed E-state index contributed by atoms with van der Waals surface area (Å²) in [5, 5.41) is 12.7. The van der Waals surface area contributed by atoms with Gasteiger partial charge in [-0.2, -0.15) is 0 Å². The van der Waals surface area contributed by atoms with Crippen LogP contribution in [0.3, 0.4) is 0 Å². The Morgan fingerprint density at radius 2 is 1.60 bits per heavy atom. The molecular weight excluding hydrogens is 909 g/mol. The molecule has 5 amide bonds. The summed E-state index contributed by atoms with van der Waals surface area (Å²) < 4.78 is 19.7. The molecule has 3 aliphatic heterocycles. The molecule has 13 nitrogen and oxygen atoms in total. The molecule has 1 aromatic heterocycles. The Labute approximate surface area is 405 Å². The number of unbranched alkanes of at least 4 members (excludes halogenated alkanes) is 2. The summed E-state index contributed by atoms with van der Waals surface area (Å²) in [7, 11) is 1.69. The van der Waals surface area contributed by atoms with E-state index in [2.05, 4.69) is 26.2 Å². The minimum Gasteiger partial charge on any atom is -0.356 e. The van der Waals surface area contributed by atoms with E-state index < -0.39 is 51.6 Å². The number of likely N-dealkylation sites (N-methyl/N-ethyl adjacent to an activating group) is 1. The number of carbonyl (C=O) groups excluding carboxylic acids is 5. The third-order valence-electron chi connectivity index (χ3n) is 17.2. The number of rotatable bonds is 12. The highest BCUT2D eigenvalue weighted by atomic mass is 35.5. The number of aromatic nitrogens is 2. The van der Waals surface area contributed by atoms with Gasteiger partial charge < -0.3 is 16.0 Å². The fourth-order valence-corrected chi connectivity index (χ4v) is 14.3. The van der Waals surface area contributed by atoms with Gasteiger partial charge in [-0.05, 0) is 131 Å². The van der Waals surface area contributed by atoms with Crippen molar-refractivity contribution in [2.45, 2.75) is 151 Å². The fraction of sp³-hybridized carbons (Fsp3) is 0.538. The second kappa shape index (κ2) is 17.7. The molecule has 4 N–H and O–H groups in total. The van der Waals surface area contributed by atoms with Crippen LogP contribution in [0.15, 0.2) is 59.4 Å². The van der Waals surface area contributed by atoms with Gasteiger partial charge in [0.15, 0.2) is 0 Å². The number of carbonyl (C=O) groups is 5. The molecule has 2 spiro atoms. The molecule has 2 unspecified atom stereocenters. The largest absolute Gasteiger partial charge is 0.356 e. The molecule has 2 saturated heterocycles. The summed E-state index contributed by atoms with van der Waals surface area (Å²) >= 11 is 13.0. The summed E-state index contributed by atoms with van der Waals surface area (Å²) in [6.07, 6.45) is 11.8. The number of aryl methyl sites for hydroxylation is 2. The third-order valence-corrected chi connectivity index (χ3v) is 17.8. The molecule has 7 aliphatic rings. The first-order valence-electron chi connectivity index (χ1n) is 24.7. The first kappa shape index (κ1) is 46.7. The number of nitrogens with zero attached hydrogens (tertiary/aromatic N) is 3. The van der Waals surface area contributed by atoms with Crippen molar-refractivity contribution in [3.05, 3.63) is 97.6 Å². The molecule has 2 bridgehead atoms. The number of anilines is 1. The molecule has 3 aromatic carbocycles. The lowest BCUT2D eigenvalue weighted by molar-refractivity contribution is -0.141. The van der Waals surface area contributed by atoms with Crippen molar-refractivity contribution in [3.8, 4) is 0 Å². The quantitative estimate of drug-likeness (QED) is 0.0829. The second-order valence-electron chi connectivity index (χ2n) is 20.5. The number of imidazole rings is 1. The Morgan fingerprint density at radius 3 is 2.32 bits per heavy atom. The van der Waals surface area contributed by atoms with Crippen LogP contribution in [-0.4, -0.2) is 73.8 Å². The molecular formula is C52H60Cl2FN7O6. The molecule has 4 aliphatic carbocycles. The minimum atomic E-state index is -1.30. The molecule has 68 heavy (non-hydrogen) atoms. The van der Waals surface area contributed by atoms with Crippen LogP contribution in [0.25, 0.3) is 11.0 Å². The number of amides is 5. The van der Waals surface area contributed by atoms with Crippen molar-refractivity contribution >= 4 is 69.5 Å². The van der Waals surface area contributed by atoms with Crippen LogP contribution in [0.5, 0.6) is 0 Å². The molecule has 4 heterocycles. The number of piperidine rings is 1. The van der Waals surface area contributed by atoms with Crippen molar-refractivity contribution in [2.75, 3.05) is 18.4 Å². The number of nitrogens with one attached hydrogen (secondary N) is 4. The molecule has 4 atom stereocenters. The van der Waals surface area contributed by atoms with Crippen LogP contribution >= 0.6 is 23.2 Å². The summed E-state index contributed by atoms with van der Waals surface area (Å²) in [6.45, 7) is 3.07. The number of hydrogen-bond donors (Lipinski definition) is 4. The normalized spacial score (nSPS) is 28.5. The van der Waals surface area contributed by atoms with Crippen LogP contribution in [0.4, 0.5) is 10.1 Å². The van der Waals surface area contributed by atoms with Crippen LogP contribution in [0.2, 0.25) is 10.0 Å². The smallest absolute Gasteiger partial charge is 0.329 e. The van der Waals surface area contributed by atoms with Gasteiger partial charge >= 0.3 is 5.69 Å². The van der Waals surface area contributed by atoms with Crippen LogP contribution < -0.4 is 27.0 Å². The summed E-state index contributed by atoms with van der Waals surface area (Å²) in [5.41, 5.74) is 0.665. The first-order valence-corrected chi connectivity index (χ1v) is 25.4. The predicted molar refractivity (Wildman–Crippen MR) is 258 cm³/mol. The number of hydrogen-bond acceptors (Lipinski definition) is 7. The van der Waals surface area contributed by atoms with E-state index in [0.29, 0.717) is 80.7 Å². The zero-order chi connectivity index (χ0) is 47.8. The Balaban J connectivity index is 0.799. The van der Waals surface area contributed by atoms with Gasteiger partial charge in [-0.1, -0.05) is 80.1 Å². The summed E-state index contributed by atoms with van der Waals surface area (Å²) in [4.78, 5) is 84.1. The van der Waals surface area contributed by atoms with Crippen LogP contribution in [0.1, 0.15) is 138 Å². The maximum atomic E-state index is 16.7. The van der Waals surface area contributed by atoms with E-state index in [4.69, 9.17) is 23.2 Å². The summed E-state index contributed by atoms with van der Waals surface area (Å²) in [5.74, 6) is -2.69. The lowest BCUT2D eigenvalue weighted by Gasteiger charge is -2.53. The zero-order valence-electron chi connectivity index (χ0n) is 38.8. The minimum absolute atomic E-state index is 0.0578. The zero-order valence-corrected chi connectivity index (χ0v) is 40.3. The van der Waals surface area contributed by atoms with Crippen molar-refractivity contribution in [2.24, 2.45) is 12.5 Å². The van der Waals surface area contributed by atoms with E-state index in [-0.39, 0.29) is 52.7 Å². The maximum Gasteiger partial charge on any atom is 0.329 e. The topological polar surface area (TPSA) is 164 Å². The van der Waals surface area contributed by atoms with Gasteiger partial charge in [-0.15, -0.1) is 0 Å². The Kier molecular flexibility index (Phi) is 12.2. The molecule has 4 aromatic rings. The SMILES string of the molecule is CCN1[C@@H](C(=O)NC23CCC(C(=O)NCCCCCc4ccc5c(c4)n(C)c(=O)n5C4CCC(=O)NC4=O)(CC2)CC3)C(c2cccc(Cl)c2F)[C@]2(C(=O)Nc3cc(Cl)ccc32)C12CCCCC2. The number of imide groups is 1. The molecule has 360 valence electrons. The van der Waals surface area contributed by atoms with Crippen LogP contribution in [0, 0.1) is 11.2 Å². The number of likely N-dealkylation sites (tertiary alicyclic amines) is 1. The van der Waals surface area contributed by atoms with Crippen molar-refractivity contribution < 1.29 is 28.4 Å². The predicted octanol–water partition coefficient (Wildman–Crippen LogP) is 7.88. The van der Waals surface area contributed by atoms with E-state index in [1.54, 1.807) is 35.9 Å². The lowest BCUT2D eigenvalue weighted by atomic mass is 9.55. The number of fused-ring (bicyclic) bond motifs is 7. The van der Waals surface area contributed by atoms with Gasteiger partial charge in [0.1, 0.15) is 17.3 Å². The molecule has 4 saturated carbocycles. The van der Waals surface area contributed by atoms with Gasteiger partial charge in [0.2, 0.25) is 29.5 Å². The van der Waals surface area contributed by atoms with Gasteiger partial charge in [-0.25, -0.2) is 9.18 Å². The molecule has 0 radical (unpaired) electrons. The van der Waals surface area contributed by atoms with E-state index in [1.807, 2.05) is 31.2 Å². The number of benzene rings is 3. The van der Waals surface area contributed by atoms with Crippen molar-refractivity contribution in [1.29, 1.82) is 0 Å². The van der Waals surface area contributed by atoms with Gasteiger partial charge in [0, 0.05) is 53.1 Å². The monoisotopic (exact) mass is 967 g/mol. The highest BCUT2D eigenvalue weighted by molar-refractivity contribution is 6.31. The Morgan fingerprint density at radius 1 is 0.853 bits per heavy atom. The van der Waals surface area contributed by atoms with E-state index in [9.17, 15) is 19.2 Å². The van der Waals surface area contributed by atoms with Gasteiger partial charge in [-0.3, -0.25) is 43.3 Å². The van der Waals surface area contributed by atoms with Crippen LogP contribution in [-0.2, 0) is 42.9 Å². The molecule has 16 heteroatoms. The Bertz CT molecular complexity index is 2780. The molecule has 11 rings (SSSR count). The maximum absolute atomic E-state index is 16.7. The average Bonchev–Trinajstić information content (AvgIpc) is 3.86. The standard InChI is InChI=1S/C52H60Cl2FN7O6/c1-3-61-43(41(33-12-10-13-35(54)42(33)55)52(51(61)20-7-5-8-21-51)34-16-15-32(53)30-36(34)57-47(52)67)45(65)59-50-25-22-49(23-26-50,24-27-50)46(66)56-28-9-4-6-11-31-14-17-37-39(29-31)60(2)48(68)62(37)38-18-19-40(63)58-44(38)64/h10,12-17,29-30,38,41,43H,3-9,11,18-28H2,1-2H3,(H,56,66)(H,57,67)(H,59,65)(H,58,63,64)/t38?,41?,43-,49?,50?,52-/m1/s1. The van der Waals surface area contributed by atoms with Crippen molar-refractivity contribution in [1.82, 2.24) is 30.0 Å². The number of halogens is 3. The third kappa shape index (κ3) is 7.24. The average molecular weight is 969 g/mol.